The molecule has 1 unspecified atom stereocenters. The number of aryl methyl sites for hydroxylation is 2. The number of aromatic nitrogens is 1. The molecule has 1 saturated heterocycles. The van der Waals surface area contributed by atoms with Gasteiger partial charge < -0.3 is 4.74 Å². The first-order valence-electron chi connectivity index (χ1n) is 10.7. The largest absolute Gasteiger partial charge is 0.376 e. The average Bonchev–Trinajstić information content (AvgIpc) is 3.51. The van der Waals surface area contributed by atoms with Crippen molar-refractivity contribution in [2.24, 2.45) is 0 Å². The van der Waals surface area contributed by atoms with Crippen LogP contribution in [0, 0.1) is 13.8 Å². The van der Waals surface area contributed by atoms with E-state index in [1.165, 1.54) is 11.3 Å². The van der Waals surface area contributed by atoms with E-state index in [2.05, 4.69) is 0 Å². The molecular formula is C24H23N3O4S. The molecule has 0 N–H and O–H groups in total. The molecule has 5 rings (SSSR count). The monoisotopic (exact) mass is 449 g/mol. The number of thiazole rings is 1. The lowest BCUT2D eigenvalue weighted by atomic mass is 10.1. The smallest absolute Gasteiger partial charge is 0.262 e. The quantitative estimate of drug-likeness (QED) is 0.555. The molecule has 2 aliphatic rings. The van der Waals surface area contributed by atoms with E-state index in [0.29, 0.717) is 29.4 Å². The molecule has 0 spiro atoms. The minimum absolute atomic E-state index is 0.0871. The van der Waals surface area contributed by atoms with Crippen molar-refractivity contribution in [2.75, 3.05) is 24.6 Å². The fraction of sp³-hybridized carbons (Fsp3) is 0.333. The minimum atomic E-state index is -0.438. The summed E-state index contributed by atoms with van der Waals surface area (Å²) in [6, 6.07) is 10.7. The Morgan fingerprint density at radius 1 is 1.16 bits per heavy atom. The molecule has 3 heterocycles. The number of hydrogen-bond acceptors (Lipinski definition) is 6. The molecule has 3 aromatic rings. The summed E-state index contributed by atoms with van der Waals surface area (Å²) in [6.07, 6.45) is 1.72. The average molecular weight is 450 g/mol. The van der Waals surface area contributed by atoms with Crippen LogP contribution in [-0.4, -0.2) is 53.4 Å². The van der Waals surface area contributed by atoms with E-state index in [4.69, 9.17) is 9.72 Å². The number of carbonyl (C=O) groups excluding carboxylic acids is 3. The molecule has 8 heteroatoms. The van der Waals surface area contributed by atoms with Crippen molar-refractivity contribution in [1.29, 1.82) is 0 Å². The van der Waals surface area contributed by atoms with E-state index >= 15 is 0 Å². The molecule has 2 aromatic carbocycles. The predicted molar refractivity (Wildman–Crippen MR) is 122 cm³/mol. The van der Waals surface area contributed by atoms with Crippen LogP contribution in [0.5, 0.6) is 0 Å². The summed E-state index contributed by atoms with van der Waals surface area (Å²) >= 11 is 1.44. The Kier molecular flexibility index (Phi) is 5.27. The van der Waals surface area contributed by atoms with Crippen LogP contribution in [0.2, 0.25) is 0 Å². The standard InChI is InChI=1S/C24H23N3O4S/c1-14-9-10-19-21(15(14)2)25-24(32-19)26(12-16-6-5-11-31-16)20(28)13-27-22(29)17-7-3-4-8-18(17)23(27)30/h3-4,7-10,16H,5-6,11-13H2,1-2H3. The first-order chi connectivity index (χ1) is 15.4. The number of hydrogen-bond donors (Lipinski definition) is 0. The zero-order chi connectivity index (χ0) is 22.4. The van der Waals surface area contributed by atoms with Crippen molar-refractivity contribution < 1.29 is 19.1 Å². The highest BCUT2D eigenvalue weighted by atomic mass is 32.1. The van der Waals surface area contributed by atoms with Crippen LogP contribution in [-0.2, 0) is 9.53 Å². The number of imide groups is 1. The highest BCUT2D eigenvalue weighted by Crippen LogP contribution is 2.33. The molecule has 1 aromatic heterocycles. The molecule has 0 bridgehead atoms. The van der Waals surface area contributed by atoms with E-state index in [9.17, 15) is 14.4 Å². The fourth-order valence-electron chi connectivity index (χ4n) is 4.21. The summed E-state index contributed by atoms with van der Waals surface area (Å²) in [6.45, 7) is 4.74. The Morgan fingerprint density at radius 2 is 1.88 bits per heavy atom. The number of amides is 3. The van der Waals surface area contributed by atoms with Crippen LogP contribution in [0.3, 0.4) is 0 Å². The van der Waals surface area contributed by atoms with Gasteiger partial charge in [0.05, 0.1) is 34.0 Å². The molecular weight excluding hydrogens is 426 g/mol. The summed E-state index contributed by atoms with van der Waals surface area (Å²) in [5.74, 6) is -1.22. The highest BCUT2D eigenvalue weighted by molar-refractivity contribution is 7.22. The third kappa shape index (κ3) is 3.49. The van der Waals surface area contributed by atoms with Crippen LogP contribution >= 0.6 is 11.3 Å². The molecule has 1 fully saturated rings. The predicted octanol–water partition coefficient (Wildman–Crippen LogP) is 3.72. The number of benzene rings is 2. The summed E-state index contributed by atoms with van der Waals surface area (Å²) in [7, 11) is 0. The Labute approximate surface area is 189 Å². The topological polar surface area (TPSA) is 79.8 Å². The number of nitrogens with zero attached hydrogens (tertiary/aromatic N) is 3. The Balaban J connectivity index is 1.46. The SMILES string of the molecule is Cc1ccc2sc(N(CC3CCCO3)C(=O)CN3C(=O)c4ccccc4C3=O)nc2c1C. The van der Waals surface area contributed by atoms with Gasteiger partial charge >= 0.3 is 0 Å². The van der Waals surface area contributed by atoms with Crippen molar-refractivity contribution in [3.05, 3.63) is 58.7 Å². The maximum Gasteiger partial charge on any atom is 0.262 e. The van der Waals surface area contributed by atoms with Crippen LogP contribution in [0.1, 0.15) is 44.7 Å². The van der Waals surface area contributed by atoms with Gasteiger partial charge in [-0.2, -0.15) is 0 Å². The van der Waals surface area contributed by atoms with Gasteiger partial charge in [-0.05, 0) is 56.0 Å². The van der Waals surface area contributed by atoms with Gasteiger partial charge in [-0.15, -0.1) is 0 Å². The van der Waals surface area contributed by atoms with E-state index in [1.54, 1.807) is 29.2 Å². The molecule has 0 radical (unpaired) electrons. The molecule has 164 valence electrons. The molecule has 0 saturated carbocycles. The van der Waals surface area contributed by atoms with Gasteiger partial charge in [-0.25, -0.2) is 4.98 Å². The molecule has 3 amide bonds. The van der Waals surface area contributed by atoms with Crippen LogP contribution < -0.4 is 4.90 Å². The Morgan fingerprint density at radius 3 is 2.53 bits per heavy atom. The van der Waals surface area contributed by atoms with Crippen LogP contribution in [0.25, 0.3) is 10.2 Å². The van der Waals surface area contributed by atoms with Gasteiger partial charge in [0.2, 0.25) is 5.91 Å². The summed E-state index contributed by atoms with van der Waals surface area (Å²) < 4.78 is 6.76. The third-order valence-corrected chi connectivity index (χ3v) is 7.23. The number of fused-ring (bicyclic) bond motifs is 2. The lowest BCUT2D eigenvalue weighted by Gasteiger charge is -2.25. The van der Waals surface area contributed by atoms with Crippen LogP contribution in [0.15, 0.2) is 36.4 Å². The fourth-order valence-corrected chi connectivity index (χ4v) is 5.26. The second-order valence-corrected chi connectivity index (χ2v) is 9.24. The van der Waals surface area contributed by atoms with E-state index in [0.717, 1.165) is 39.1 Å². The maximum atomic E-state index is 13.4. The Hall–Kier alpha value is -3.10. The zero-order valence-corrected chi connectivity index (χ0v) is 18.8. The lowest BCUT2D eigenvalue weighted by Crippen LogP contribution is -2.45. The lowest BCUT2D eigenvalue weighted by molar-refractivity contribution is -0.119. The third-order valence-electron chi connectivity index (χ3n) is 6.19. The van der Waals surface area contributed by atoms with Crippen molar-refractivity contribution in [1.82, 2.24) is 9.88 Å². The van der Waals surface area contributed by atoms with Gasteiger partial charge in [0.15, 0.2) is 5.13 Å². The van der Waals surface area contributed by atoms with E-state index in [1.807, 2.05) is 26.0 Å². The number of anilines is 1. The van der Waals surface area contributed by atoms with Gasteiger partial charge in [0.1, 0.15) is 6.54 Å². The molecule has 7 nitrogen and oxygen atoms in total. The highest BCUT2D eigenvalue weighted by Gasteiger charge is 2.38. The van der Waals surface area contributed by atoms with Crippen molar-refractivity contribution in [2.45, 2.75) is 32.8 Å². The number of rotatable bonds is 5. The van der Waals surface area contributed by atoms with Gasteiger partial charge in [-0.3, -0.25) is 24.2 Å². The van der Waals surface area contributed by atoms with Crippen molar-refractivity contribution in [3.63, 3.8) is 0 Å². The normalized spacial score (nSPS) is 17.9. The number of carbonyl (C=O) groups is 3. The Bertz CT molecular complexity index is 1210. The second-order valence-electron chi connectivity index (χ2n) is 8.23. The van der Waals surface area contributed by atoms with E-state index in [-0.39, 0.29) is 18.6 Å². The first-order valence-corrected chi connectivity index (χ1v) is 11.5. The zero-order valence-electron chi connectivity index (χ0n) is 18.0. The van der Waals surface area contributed by atoms with Crippen molar-refractivity contribution in [3.8, 4) is 0 Å². The van der Waals surface area contributed by atoms with Gasteiger partial charge in [0, 0.05) is 6.61 Å². The van der Waals surface area contributed by atoms with Crippen LogP contribution in [0.4, 0.5) is 5.13 Å². The summed E-state index contributed by atoms with van der Waals surface area (Å²) in [4.78, 5) is 46.4. The molecule has 0 aliphatic carbocycles. The molecule has 1 atom stereocenters. The van der Waals surface area contributed by atoms with E-state index < -0.39 is 11.8 Å². The molecule has 2 aliphatic heterocycles. The van der Waals surface area contributed by atoms with Gasteiger partial charge in [0.25, 0.3) is 11.8 Å². The molecule has 32 heavy (non-hydrogen) atoms. The van der Waals surface area contributed by atoms with Crippen molar-refractivity contribution >= 4 is 44.4 Å². The minimum Gasteiger partial charge on any atom is -0.376 e. The van der Waals surface area contributed by atoms with Gasteiger partial charge in [-0.1, -0.05) is 29.5 Å². The first kappa shape index (κ1) is 20.8. The maximum absolute atomic E-state index is 13.4. The second kappa shape index (κ2) is 8.11. The summed E-state index contributed by atoms with van der Waals surface area (Å²) in [5.41, 5.74) is 3.76. The summed E-state index contributed by atoms with van der Waals surface area (Å²) in [5, 5.41) is 0.561. The number of ether oxygens (including phenoxy) is 1.